The summed E-state index contributed by atoms with van der Waals surface area (Å²) in [5.41, 5.74) is 0. The Hall–Kier alpha value is -2.98. The van der Waals surface area contributed by atoms with Crippen molar-refractivity contribution >= 4 is 39.5 Å². The van der Waals surface area contributed by atoms with Crippen LogP contribution in [0.2, 0.25) is 0 Å². The highest BCUT2D eigenvalue weighted by atomic mass is 31.2. The van der Waals surface area contributed by atoms with Gasteiger partial charge < -0.3 is 33.8 Å². The minimum atomic E-state index is -4.96. The summed E-state index contributed by atoms with van der Waals surface area (Å²) in [5, 5.41) is 10.6. The van der Waals surface area contributed by atoms with E-state index >= 15 is 0 Å². The first-order chi connectivity index (χ1) is 45.7. The van der Waals surface area contributed by atoms with Crippen molar-refractivity contribution in [1.82, 2.24) is 0 Å². The second-order valence-corrected chi connectivity index (χ2v) is 28.5. The molecule has 0 aromatic heterocycles. The summed E-state index contributed by atoms with van der Waals surface area (Å²) in [4.78, 5) is 72.7. The first kappa shape index (κ1) is 91.0. The van der Waals surface area contributed by atoms with E-state index in [4.69, 9.17) is 37.0 Å². The zero-order valence-electron chi connectivity index (χ0n) is 59.9. The third kappa shape index (κ3) is 67.6. The predicted molar refractivity (Wildman–Crippen MR) is 381 cm³/mol. The monoisotopic (exact) mass is 1370 g/mol. The second-order valence-electron chi connectivity index (χ2n) is 25.6. The summed E-state index contributed by atoms with van der Waals surface area (Å²) in [5.74, 6) is -2.17. The number of aliphatic hydroxyl groups is 1. The molecule has 3 N–H and O–H groups in total. The molecule has 19 heteroatoms. The molecule has 0 aliphatic carbocycles. The van der Waals surface area contributed by atoms with E-state index in [0.29, 0.717) is 25.7 Å². The molecule has 0 spiro atoms. The Kier molecular flexibility index (Phi) is 66.4. The first-order valence-electron chi connectivity index (χ1n) is 37.9. The Labute approximate surface area is 572 Å². The van der Waals surface area contributed by atoms with E-state index in [1.54, 1.807) is 0 Å². The van der Waals surface area contributed by atoms with Crippen LogP contribution in [-0.4, -0.2) is 96.7 Å². The number of carbonyl (C=O) groups excluding carboxylic acids is 4. The molecule has 0 saturated heterocycles. The summed E-state index contributed by atoms with van der Waals surface area (Å²) >= 11 is 0. The number of ether oxygens (including phenoxy) is 4. The Morgan fingerprint density at radius 1 is 0.309 bits per heavy atom. The first-order valence-corrected chi connectivity index (χ1v) is 40.9. The van der Waals surface area contributed by atoms with Gasteiger partial charge in [-0.2, -0.15) is 0 Å². The number of hydrogen-bond acceptors (Lipinski definition) is 15. The molecule has 5 atom stereocenters. The second kappa shape index (κ2) is 68.5. The van der Waals surface area contributed by atoms with Crippen LogP contribution in [0.15, 0.2) is 48.6 Å². The van der Waals surface area contributed by atoms with Crippen molar-refractivity contribution in [2.45, 2.75) is 367 Å². The molecule has 0 aliphatic heterocycles. The molecule has 550 valence electrons. The zero-order valence-corrected chi connectivity index (χ0v) is 61.7. The van der Waals surface area contributed by atoms with Gasteiger partial charge in [-0.15, -0.1) is 0 Å². The van der Waals surface area contributed by atoms with Crippen molar-refractivity contribution in [3.8, 4) is 0 Å². The van der Waals surface area contributed by atoms with E-state index in [0.717, 1.165) is 135 Å². The summed E-state index contributed by atoms with van der Waals surface area (Å²) in [6, 6.07) is 0. The minimum Gasteiger partial charge on any atom is -0.462 e. The Bertz CT molecular complexity index is 1980. The largest absolute Gasteiger partial charge is 0.472 e. The van der Waals surface area contributed by atoms with E-state index in [9.17, 15) is 43.2 Å². The van der Waals surface area contributed by atoms with Gasteiger partial charge in [0.25, 0.3) is 0 Å². The van der Waals surface area contributed by atoms with Gasteiger partial charge in [0.2, 0.25) is 0 Å². The molecule has 0 bridgehead atoms. The normalized spacial score (nSPS) is 14.2. The van der Waals surface area contributed by atoms with Crippen LogP contribution in [-0.2, 0) is 65.4 Å². The highest BCUT2D eigenvalue weighted by Gasteiger charge is 2.30. The lowest BCUT2D eigenvalue weighted by atomic mass is 10.0. The average molecular weight is 1370 g/mol. The van der Waals surface area contributed by atoms with Gasteiger partial charge in [-0.3, -0.25) is 37.3 Å². The predicted octanol–water partition coefficient (Wildman–Crippen LogP) is 21.3. The van der Waals surface area contributed by atoms with E-state index in [-0.39, 0.29) is 25.7 Å². The number of hydrogen-bond donors (Lipinski definition) is 3. The van der Waals surface area contributed by atoms with Gasteiger partial charge in [-0.1, -0.05) is 288 Å². The topological polar surface area (TPSA) is 237 Å². The fraction of sp³-hybridized carbons (Fsp3) is 0.840. The van der Waals surface area contributed by atoms with E-state index in [1.165, 1.54) is 135 Å². The van der Waals surface area contributed by atoms with Gasteiger partial charge in [0.05, 0.1) is 26.4 Å². The van der Waals surface area contributed by atoms with Crippen LogP contribution in [0, 0.1) is 0 Å². The molecule has 0 radical (unpaired) electrons. The number of allylic oxidation sites excluding steroid dienone is 8. The molecule has 5 unspecified atom stereocenters. The number of carbonyl (C=O) groups is 4. The third-order valence-electron chi connectivity index (χ3n) is 16.3. The SMILES string of the molecule is CC/C=C\C/C=C\C/C=C\CCCCCCCC(=O)OCC(COP(=O)(O)OCC(O)COP(=O)(O)OCC(COC(=O)CCCCCCCCCCCCCCCCC)OC(=O)CCCCCCC/C=C\CCCCCC)OC(=O)CCCCCCCCCCCCC. The van der Waals surface area contributed by atoms with Crippen LogP contribution in [0.3, 0.4) is 0 Å². The number of esters is 4. The van der Waals surface area contributed by atoms with E-state index < -0.39 is 97.5 Å². The summed E-state index contributed by atoms with van der Waals surface area (Å²) in [7, 11) is -9.93. The lowest BCUT2D eigenvalue weighted by Gasteiger charge is -2.21. The van der Waals surface area contributed by atoms with Gasteiger partial charge in [0, 0.05) is 25.7 Å². The summed E-state index contributed by atoms with van der Waals surface area (Å²) < 4.78 is 68.4. The maximum absolute atomic E-state index is 13.1. The molecule has 0 heterocycles. The molecule has 0 aromatic rings. The van der Waals surface area contributed by atoms with Crippen molar-refractivity contribution < 1.29 is 80.2 Å². The van der Waals surface area contributed by atoms with Crippen molar-refractivity contribution in [2.75, 3.05) is 39.6 Å². The van der Waals surface area contributed by atoms with Crippen LogP contribution in [0.1, 0.15) is 349 Å². The summed E-state index contributed by atoms with van der Waals surface area (Å²) in [6.07, 6.45) is 63.9. The number of aliphatic hydroxyl groups excluding tert-OH is 1. The average Bonchev–Trinajstić information content (AvgIpc) is 1.35. The zero-order chi connectivity index (χ0) is 69.0. The van der Waals surface area contributed by atoms with Crippen molar-refractivity contribution in [3.05, 3.63) is 48.6 Å². The van der Waals surface area contributed by atoms with Crippen LogP contribution in [0.5, 0.6) is 0 Å². The standard InChI is InChI=1S/C75H138O17P2/c1-5-9-13-17-21-25-29-32-34-37-40-43-47-51-55-59-72(77)85-65-70(91-74(79)61-57-53-49-45-39-28-24-20-16-12-8-4)67-89-93(81,82)87-63-69(76)64-88-94(83,84)90-68-71(92-75(80)62-58-54-50-46-42-36-31-27-23-19-15-11-7-3)66-86-73(78)60-56-52-48-44-41-38-35-33-30-26-22-18-14-10-6-2/h9,13,21,25,27,31-32,34,69-71,76H,5-8,10-12,14-20,22-24,26,28-30,33,35-68H2,1-4H3,(H,81,82)(H,83,84)/b13-9-,25-21-,31-27-,34-32-. The van der Waals surface area contributed by atoms with Crippen LogP contribution < -0.4 is 0 Å². The molecular formula is C75H138O17P2. The Morgan fingerprint density at radius 3 is 0.872 bits per heavy atom. The quantitative estimate of drug-likeness (QED) is 0.0169. The van der Waals surface area contributed by atoms with Crippen molar-refractivity contribution in [1.29, 1.82) is 0 Å². The van der Waals surface area contributed by atoms with E-state index in [2.05, 4.69) is 76.3 Å². The Morgan fingerprint density at radius 2 is 0.553 bits per heavy atom. The Balaban J connectivity index is 5.29. The molecule has 94 heavy (non-hydrogen) atoms. The molecule has 0 fully saturated rings. The molecule has 0 rings (SSSR count). The fourth-order valence-electron chi connectivity index (χ4n) is 10.5. The number of phosphoric acid groups is 2. The smallest absolute Gasteiger partial charge is 0.462 e. The van der Waals surface area contributed by atoms with Crippen LogP contribution in [0.4, 0.5) is 0 Å². The van der Waals surface area contributed by atoms with Gasteiger partial charge >= 0.3 is 39.5 Å². The van der Waals surface area contributed by atoms with E-state index in [1.807, 2.05) is 0 Å². The highest BCUT2D eigenvalue weighted by Crippen LogP contribution is 2.45. The highest BCUT2D eigenvalue weighted by molar-refractivity contribution is 7.47. The minimum absolute atomic E-state index is 0.0914. The fourth-order valence-corrected chi connectivity index (χ4v) is 12.1. The van der Waals surface area contributed by atoms with Crippen molar-refractivity contribution in [3.63, 3.8) is 0 Å². The van der Waals surface area contributed by atoms with Gasteiger partial charge in [0.1, 0.15) is 19.3 Å². The molecule has 0 aromatic carbocycles. The maximum Gasteiger partial charge on any atom is 0.472 e. The van der Waals surface area contributed by atoms with Gasteiger partial charge in [-0.05, 0) is 83.5 Å². The molecule has 0 aliphatic rings. The lowest BCUT2D eigenvalue weighted by Crippen LogP contribution is -2.30. The van der Waals surface area contributed by atoms with Crippen LogP contribution in [0.25, 0.3) is 0 Å². The number of rotatable bonds is 72. The lowest BCUT2D eigenvalue weighted by molar-refractivity contribution is -0.161. The summed E-state index contributed by atoms with van der Waals surface area (Å²) in [6.45, 7) is 4.77. The molecule has 17 nitrogen and oxygen atoms in total. The van der Waals surface area contributed by atoms with Gasteiger partial charge in [0.15, 0.2) is 12.2 Å². The van der Waals surface area contributed by atoms with Crippen molar-refractivity contribution in [2.24, 2.45) is 0 Å². The number of unbranched alkanes of at least 4 members (excludes halogenated alkanes) is 38. The van der Waals surface area contributed by atoms with Crippen LogP contribution >= 0.6 is 15.6 Å². The third-order valence-corrected chi connectivity index (χ3v) is 18.2. The molecule has 0 saturated carbocycles. The number of phosphoric ester groups is 2. The molecule has 0 amide bonds. The maximum atomic E-state index is 13.1. The van der Waals surface area contributed by atoms with Gasteiger partial charge in [-0.25, -0.2) is 9.13 Å². The molecular weight excluding hydrogens is 1230 g/mol.